The number of quaternary nitrogens is 1. The van der Waals surface area contributed by atoms with Crippen molar-refractivity contribution in [2.45, 2.75) is 264 Å². The molecule has 71 heavy (non-hydrogen) atoms. The first-order valence-electron chi connectivity index (χ1n) is 29.7. The van der Waals surface area contributed by atoms with Crippen LogP contribution < -0.4 is 4.89 Å². The van der Waals surface area contributed by atoms with Gasteiger partial charge in [-0.25, -0.2) is 0 Å². The maximum absolute atomic E-state index is 12.8. The predicted octanol–water partition coefficient (Wildman–Crippen LogP) is 18.3. The molecular weight excluding hydrogens is 902 g/mol. The van der Waals surface area contributed by atoms with Gasteiger partial charge < -0.3 is 27.9 Å². The Balaban J connectivity index is 4.09. The van der Waals surface area contributed by atoms with E-state index in [1.165, 1.54) is 154 Å². The quantitative estimate of drug-likeness (QED) is 0.0197. The summed E-state index contributed by atoms with van der Waals surface area (Å²) >= 11 is 0. The van der Waals surface area contributed by atoms with E-state index in [-0.39, 0.29) is 25.8 Å². The van der Waals surface area contributed by atoms with Crippen molar-refractivity contribution in [2.75, 3.05) is 54.1 Å². The number of carbonyl (C=O) groups is 1. The van der Waals surface area contributed by atoms with Crippen LogP contribution in [0.4, 0.5) is 0 Å². The molecule has 0 saturated carbocycles. The van der Waals surface area contributed by atoms with Crippen LogP contribution in [0.1, 0.15) is 258 Å². The molecule has 2 unspecified atom stereocenters. The smallest absolute Gasteiger partial charge is 0.306 e. The van der Waals surface area contributed by atoms with E-state index in [4.69, 9.17) is 18.5 Å². The second-order valence-corrected chi connectivity index (χ2v) is 22.4. The van der Waals surface area contributed by atoms with Crippen molar-refractivity contribution in [3.05, 3.63) is 72.9 Å². The summed E-state index contributed by atoms with van der Waals surface area (Å²) in [6.07, 6.45) is 72.3. The van der Waals surface area contributed by atoms with Gasteiger partial charge in [-0.3, -0.25) is 9.36 Å². The zero-order valence-corrected chi connectivity index (χ0v) is 48.1. The highest BCUT2D eigenvalue weighted by Gasteiger charge is 2.20. The highest BCUT2D eigenvalue weighted by atomic mass is 31.2. The van der Waals surface area contributed by atoms with Crippen molar-refractivity contribution in [1.29, 1.82) is 0 Å². The number of phosphoric acid groups is 1. The molecule has 0 amide bonds. The fourth-order valence-corrected chi connectivity index (χ4v) is 8.99. The summed E-state index contributed by atoms with van der Waals surface area (Å²) in [6, 6.07) is 0. The Labute approximate surface area is 440 Å². The summed E-state index contributed by atoms with van der Waals surface area (Å²) in [5, 5.41) is 0. The maximum atomic E-state index is 12.8. The van der Waals surface area contributed by atoms with Gasteiger partial charge in [-0.1, -0.05) is 260 Å². The number of unbranched alkanes of at least 4 members (excludes halogenated alkanes) is 29. The topological polar surface area (TPSA) is 94.1 Å². The molecule has 0 aromatic carbocycles. The summed E-state index contributed by atoms with van der Waals surface area (Å²) in [6.45, 7) is 5.31. The normalized spacial score (nSPS) is 13.9. The zero-order chi connectivity index (χ0) is 51.9. The van der Waals surface area contributed by atoms with Crippen molar-refractivity contribution in [3.63, 3.8) is 0 Å². The van der Waals surface area contributed by atoms with E-state index >= 15 is 0 Å². The van der Waals surface area contributed by atoms with Crippen LogP contribution in [0.5, 0.6) is 0 Å². The Morgan fingerprint density at radius 2 is 0.817 bits per heavy atom. The molecule has 9 heteroatoms. The van der Waals surface area contributed by atoms with Crippen molar-refractivity contribution in [1.82, 2.24) is 0 Å². The fourth-order valence-electron chi connectivity index (χ4n) is 8.26. The van der Waals surface area contributed by atoms with Gasteiger partial charge in [-0.15, -0.1) is 0 Å². The highest BCUT2D eigenvalue weighted by molar-refractivity contribution is 7.45. The van der Waals surface area contributed by atoms with Crippen molar-refractivity contribution in [3.8, 4) is 0 Å². The number of likely N-dealkylation sites (N-methyl/N-ethyl adjacent to an activating group) is 1. The number of nitrogens with zero attached hydrogens (tertiary/aromatic N) is 1. The van der Waals surface area contributed by atoms with E-state index in [0.29, 0.717) is 24.1 Å². The molecule has 0 aliphatic rings. The molecule has 414 valence electrons. The monoisotopic (exact) mass is 1020 g/mol. The Bertz CT molecular complexity index is 1370. The first-order valence-corrected chi connectivity index (χ1v) is 31.1. The average Bonchev–Trinajstić information content (AvgIpc) is 3.33. The lowest BCUT2D eigenvalue weighted by Crippen LogP contribution is -2.37. The van der Waals surface area contributed by atoms with Gasteiger partial charge in [-0.05, 0) is 64.2 Å². The molecule has 0 aliphatic heterocycles. The van der Waals surface area contributed by atoms with E-state index in [1.54, 1.807) is 0 Å². The van der Waals surface area contributed by atoms with E-state index in [2.05, 4.69) is 86.8 Å². The van der Waals surface area contributed by atoms with Crippen LogP contribution >= 0.6 is 7.82 Å². The van der Waals surface area contributed by atoms with Crippen molar-refractivity contribution >= 4 is 13.8 Å². The third-order valence-corrected chi connectivity index (χ3v) is 13.7. The summed E-state index contributed by atoms with van der Waals surface area (Å²) < 4.78 is 34.9. The predicted molar refractivity (Wildman–Crippen MR) is 305 cm³/mol. The molecule has 0 fully saturated rings. The summed E-state index contributed by atoms with van der Waals surface area (Å²) in [5.41, 5.74) is 0. The molecule has 0 saturated heterocycles. The van der Waals surface area contributed by atoms with Gasteiger partial charge in [0.1, 0.15) is 19.3 Å². The molecule has 0 aliphatic carbocycles. The molecule has 0 heterocycles. The van der Waals surface area contributed by atoms with Gasteiger partial charge in [-0.2, -0.15) is 0 Å². The minimum absolute atomic E-state index is 0.0221. The van der Waals surface area contributed by atoms with E-state index in [1.807, 2.05) is 21.1 Å². The van der Waals surface area contributed by atoms with E-state index in [0.717, 1.165) is 83.5 Å². The Morgan fingerprint density at radius 3 is 1.23 bits per heavy atom. The highest BCUT2D eigenvalue weighted by Crippen LogP contribution is 2.38. The largest absolute Gasteiger partial charge is 0.756 e. The standard InChI is InChI=1S/C62H114NO7P/c1-6-8-10-12-14-16-18-20-22-24-26-28-30-31-32-34-36-38-40-42-44-46-48-50-52-54-57-67-59-61(60-69-71(65,66)68-58-56-63(3,4)5)70-62(64)55-53-51-49-47-45-43-41-39-37-35-33-29-27-25-23-21-19-17-15-13-11-9-7-2/h8,10,14,16,20,22,26,28,31-32,36,38,61H,6-7,9,11-13,15,17-19,21,23-25,27,29-30,33-35,37,39-60H2,1-5H3/b10-8-,16-14-,22-20-,28-26-,32-31-,38-36-. The van der Waals surface area contributed by atoms with Gasteiger partial charge in [0.25, 0.3) is 7.82 Å². The number of phosphoric ester groups is 1. The lowest BCUT2D eigenvalue weighted by atomic mass is 10.0. The van der Waals surface area contributed by atoms with E-state index < -0.39 is 13.9 Å². The number of hydrogen-bond donors (Lipinski definition) is 0. The molecular formula is C62H114NO7P. The molecule has 0 rings (SSSR count). The number of ether oxygens (including phenoxy) is 2. The second kappa shape index (κ2) is 54.2. The van der Waals surface area contributed by atoms with Crippen molar-refractivity contribution < 1.29 is 37.3 Å². The average molecular weight is 1020 g/mol. The lowest BCUT2D eigenvalue weighted by Gasteiger charge is -2.28. The van der Waals surface area contributed by atoms with Crippen molar-refractivity contribution in [2.24, 2.45) is 0 Å². The number of rotatable bonds is 55. The lowest BCUT2D eigenvalue weighted by molar-refractivity contribution is -0.870. The number of esters is 1. The first kappa shape index (κ1) is 68.9. The van der Waals surface area contributed by atoms with Crippen LogP contribution in [0.15, 0.2) is 72.9 Å². The molecule has 0 N–H and O–H groups in total. The Hall–Kier alpha value is -2.06. The van der Waals surface area contributed by atoms with E-state index in [9.17, 15) is 14.3 Å². The number of carbonyl (C=O) groups excluding carboxylic acids is 1. The third kappa shape index (κ3) is 58.7. The molecule has 8 nitrogen and oxygen atoms in total. The van der Waals surface area contributed by atoms with Crippen LogP contribution in [-0.4, -0.2) is 70.7 Å². The van der Waals surface area contributed by atoms with Gasteiger partial charge >= 0.3 is 5.97 Å². The maximum Gasteiger partial charge on any atom is 0.306 e. The molecule has 0 aromatic heterocycles. The molecule has 0 aromatic rings. The zero-order valence-electron chi connectivity index (χ0n) is 47.2. The van der Waals surface area contributed by atoms with Gasteiger partial charge in [0.15, 0.2) is 0 Å². The van der Waals surface area contributed by atoms with Gasteiger partial charge in [0.2, 0.25) is 0 Å². The van der Waals surface area contributed by atoms with Gasteiger partial charge in [0.05, 0.1) is 34.4 Å². The molecule has 2 atom stereocenters. The molecule has 0 spiro atoms. The minimum atomic E-state index is -4.54. The molecule has 0 bridgehead atoms. The van der Waals surface area contributed by atoms with Crippen LogP contribution in [0, 0.1) is 0 Å². The Kier molecular flexibility index (Phi) is 52.6. The number of hydrogen-bond acceptors (Lipinski definition) is 7. The van der Waals surface area contributed by atoms with Crippen LogP contribution in [0.2, 0.25) is 0 Å². The summed E-state index contributed by atoms with van der Waals surface area (Å²) in [7, 11) is 1.35. The summed E-state index contributed by atoms with van der Waals surface area (Å²) in [5.74, 6) is -0.335. The number of allylic oxidation sites excluding steroid dienone is 12. The first-order chi connectivity index (χ1) is 34.6. The van der Waals surface area contributed by atoms with Crippen LogP contribution in [-0.2, 0) is 27.9 Å². The molecule has 0 radical (unpaired) electrons. The minimum Gasteiger partial charge on any atom is -0.756 e. The van der Waals surface area contributed by atoms with Crippen LogP contribution in [0.25, 0.3) is 0 Å². The second-order valence-electron chi connectivity index (χ2n) is 21.0. The van der Waals surface area contributed by atoms with Crippen LogP contribution in [0.3, 0.4) is 0 Å². The Morgan fingerprint density at radius 1 is 0.451 bits per heavy atom. The van der Waals surface area contributed by atoms with Gasteiger partial charge in [0, 0.05) is 13.0 Å². The third-order valence-electron chi connectivity index (χ3n) is 12.8. The summed E-state index contributed by atoms with van der Waals surface area (Å²) in [4.78, 5) is 25.3. The SMILES string of the molecule is CC/C=C\C/C=C\C/C=C\C/C=C\C/C=C\C/C=C\CCCCCCCCCOCC(COP(=O)([O-])OCC[N+](C)(C)C)OC(=O)CCCCCCCCCCCCCCCCCCCCCCCCC. The fraction of sp³-hybridized carbons (Fsp3) is 0.790.